The summed E-state index contributed by atoms with van der Waals surface area (Å²) in [5, 5.41) is 9.88. The number of rotatable bonds is 8. The first-order valence-corrected chi connectivity index (χ1v) is 15.2. The molecule has 1 aromatic heterocycles. The van der Waals surface area contributed by atoms with E-state index in [2.05, 4.69) is 15.5 Å². The molecule has 7 rings (SSSR count). The Hall–Kier alpha value is -3.14. The fourth-order valence-corrected chi connectivity index (χ4v) is 7.04. The van der Waals surface area contributed by atoms with Crippen LogP contribution >= 0.6 is 11.6 Å². The standard InChI is InChI=1S/C32H35ClFN3O5/c1-18-29(23-15-24(23)31(38)39)37(16-21-10-13-40-21)28(35-18)17-36-11-8-19(9-12-36)22-4-3-5-27-30(22)42-32(2,41-27)25-7-6-20(33)14-26(25)34/h3-7,14,19,21,23-24H,8-13,15-17H2,1-2H3,(H,38,39)/t21-,23?,24?,32-/m0/s1. The van der Waals surface area contributed by atoms with Gasteiger partial charge >= 0.3 is 5.97 Å². The van der Waals surface area contributed by atoms with Gasteiger partial charge in [-0.25, -0.2) is 9.37 Å². The number of fused-ring (bicyclic) bond motifs is 1. The number of aromatic nitrogens is 2. The van der Waals surface area contributed by atoms with E-state index in [1.54, 1.807) is 19.1 Å². The van der Waals surface area contributed by atoms with Crippen LogP contribution < -0.4 is 9.47 Å². The highest BCUT2D eigenvalue weighted by atomic mass is 35.5. The van der Waals surface area contributed by atoms with Gasteiger partial charge < -0.3 is 23.9 Å². The molecule has 1 N–H and O–H groups in total. The molecule has 0 radical (unpaired) electrons. The normalized spacial score (nSPS) is 27.2. The van der Waals surface area contributed by atoms with Gasteiger partial charge in [0.15, 0.2) is 11.5 Å². The number of likely N-dealkylation sites (tertiary alicyclic amines) is 1. The van der Waals surface area contributed by atoms with Crippen molar-refractivity contribution in [3.05, 3.63) is 75.6 Å². The lowest BCUT2D eigenvalue weighted by atomic mass is 9.88. The molecule has 3 aliphatic heterocycles. The molecule has 3 aromatic rings. The number of ether oxygens (including phenoxy) is 3. The molecule has 4 atom stereocenters. The number of halogens is 2. The Labute approximate surface area is 249 Å². The molecule has 4 heterocycles. The smallest absolute Gasteiger partial charge is 0.307 e. The summed E-state index contributed by atoms with van der Waals surface area (Å²) in [6.07, 6.45) is 3.74. The van der Waals surface area contributed by atoms with E-state index in [1.807, 2.05) is 19.1 Å². The number of imidazole rings is 1. The van der Waals surface area contributed by atoms with Crippen LogP contribution in [0, 0.1) is 18.7 Å². The quantitative estimate of drug-likeness (QED) is 0.343. The van der Waals surface area contributed by atoms with E-state index in [4.69, 9.17) is 30.8 Å². The predicted octanol–water partition coefficient (Wildman–Crippen LogP) is 5.98. The summed E-state index contributed by atoms with van der Waals surface area (Å²) in [4.78, 5) is 19.0. The molecular weight excluding hydrogens is 561 g/mol. The van der Waals surface area contributed by atoms with Crippen LogP contribution in [0.25, 0.3) is 0 Å². The number of carboxylic acid groups (broad SMARTS) is 1. The molecule has 2 saturated heterocycles. The first-order chi connectivity index (χ1) is 20.2. The number of carboxylic acids is 1. The monoisotopic (exact) mass is 595 g/mol. The van der Waals surface area contributed by atoms with Crippen LogP contribution in [0.3, 0.4) is 0 Å². The first kappa shape index (κ1) is 27.7. The van der Waals surface area contributed by atoms with E-state index in [-0.39, 0.29) is 23.9 Å². The zero-order valence-corrected chi connectivity index (χ0v) is 24.6. The summed E-state index contributed by atoms with van der Waals surface area (Å²) in [6, 6.07) is 10.5. The molecule has 0 amide bonds. The van der Waals surface area contributed by atoms with E-state index < -0.39 is 17.6 Å². The van der Waals surface area contributed by atoms with E-state index in [9.17, 15) is 14.3 Å². The van der Waals surface area contributed by atoms with Gasteiger partial charge in [-0.3, -0.25) is 9.69 Å². The summed E-state index contributed by atoms with van der Waals surface area (Å²) in [7, 11) is 0. The van der Waals surface area contributed by atoms with Gasteiger partial charge in [0.2, 0.25) is 0 Å². The van der Waals surface area contributed by atoms with Crippen molar-refractivity contribution in [2.75, 3.05) is 19.7 Å². The number of hydrogen-bond donors (Lipinski definition) is 1. The number of benzene rings is 2. The van der Waals surface area contributed by atoms with Crippen LogP contribution in [0.4, 0.5) is 4.39 Å². The Balaban J connectivity index is 1.06. The molecule has 222 valence electrons. The van der Waals surface area contributed by atoms with Crippen LogP contribution in [0.15, 0.2) is 36.4 Å². The molecule has 0 spiro atoms. The van der Waals surface area contributed by atoms with Crippen LogP contribution in [-0.2, 0) is 28.4 Å². The molecule has 2 aromatic carbocycles. The van der Waals surface area contributed by atoms with E-state index >= 15 is 0 Å². The number of piperidine rings is 1. The molecule has 3 fully saturated rings. The molecule has 2 unspecified atom stereocenters. The van der Waals surface area contributed by atoms with Gasteiger partial charge in [-0.1, -0.05) is 23.7 Å². The molecule has 8 nitrogen and oxygen atoms in total. The number of aliphatic carboxylic acids is 1. The van der Waals surface area contributed by atoms with Crippen LogP contribution in [0.1, 0.15) is 72.8 Å². The van der Waals surface area contributed by atoms with Crippen LogP contribution in [0.5, 0.6) is 11.5 Å². The van der Waals surface area contributed by atoms with Crippen molar-refractivity contribution in [1.29, 1.82) is 0 Å². The molecule has 1 saturated carbocycles. The Morgan fingerprint density at radius 1 is 1.19 bits per heavy atom. The number of para-hydroxylation sites is 1. The third kappa shape index (κ3) is 4.95. The van der Waals surface area contributed by atoms with Crippen molar-refractivity contribution in [2.24, 2.45) is 5.92 Å². The lowest BCUT2D eigenvalue weighted by Gasteiger charge is -2.33. The van der Waals surface area contributed by atoms with E-state index in [0.29, 0.717) is 35.1 Å². The maximum absolute atomic E-state index is 14.8. The Kier molecular flexibility index (Phi) is 6.95. The summed E-state index contributed by atoms with van der Waals surface area (Å²) in [5.41, 5.74) is 3.40. The zero-order valence-electron chi connectivity index (χ0n) is 23.8. The third-order valence-corrected chi connectivity index (χ3v) is 9.57. The molecule has 10 heteroatoms. The van der Waals surface area contributed by atoms with E-state index in [0.717, 1.165) is 68.3 Å². The second-order valence-electron chi connectivity index (χ2n) is 12.2. The first-order valence-electron chi connectivity index (χ1n) is 14.8. The van der Waals surface area contributed by atoms with Crippen molar-refractivity contribution in [3.8, 4) is 11.5 Å². The average molecular weight is 596 g/mol. The molecule has 1 aliphatic carbocycles. The highest BCUT2D eigenvalue weighted by molar-refractivity contribution is 6.30. The summed E-state index contributed by atoms with van der Waals surface area (Å²) in [5.74, 6) is -0.177. The fraction of sp³-hybridized carbons (Fsp3) is 0.500. The minimum atomic E-state index is -1.27. The predicted molar refractivity (Wildman–Crippen MR) is 154 cm³/mol. The largest absolute Gasteiger partial charge is 0.481 e. The Morgan fingerprint density at radius 3 is 2.64 bits per heavy atom. The van der Waals surface area contributed by atoms with Crippen LogP contribution in [0.2, 0.25) is 5.02 Å². The van der Waals surface area contributed by atoms with Crippen molar-refractivity contribution in [2.45, 2.75) is 76.3 Å². The van der Waals surface area contributed by atoms with Crippen molar-refractivity contribution < 1.29 is 28.5 Å². The lowest BCUT2D eigenvalue weighted by Crippen LogP contribution is -2.36. The fourth-order valence-electron chi connectivity index (χ4n) is 6.88. The Morgan fingerprint density at radius 2 is 1.98 bits per heavy atom. The van der Waals surface area contributed by atoms with Crippen molar-refractivity contribution in [3.63, 3.8) is 0 Å². The summed E-state index contributed by atoms with van der Waals surface area (Å²) < 4.78 is 35.3. The van der Waals surface area contributed by atoms with Crippen molar-refractivity contribution in [1.82, 2.24) is 14.5 Å². The minimum Gasteiger partial charge on any atom is -0.481 e. The third-order valence-electron chi connectivity index (χ3n) is 9.33. The molecule has 4 aliphatic rings. The molecule has 42 heavy (non-hydrogen) atoms. The highest BCUT2D eigenvalue weighted by Crippen LogP contribution is 2.51. The van der Waals surface area contributed by atoms with E-state index in [1.165, 1.54) is 6.07 Å². The Bertz CT molecular complexity index is 1530. The van der Waals surface area contributed by atoms with Gasteiger partial charge in [-0.2, -0.15) is 0 Å². The maximum atomic E-state index is 14.8. The number of nitrogens with zero attached hydrogens (tertiary/aromatic N) is 3. The number of hydrogen-bond acceptors (Lipinski definition) is 6. The second kappa shape index (κ2) is 10.5. The number of carbonyl (C=O) groups is 1. The zero-order chi connectivity index (χ0) is 29.2. The van der Waals surface area contributed by atoms with Gasteiger partial charge in [0.1, 0.15) is 11.6 Å². The van der Waals surface area contributed by atoms with Gasteiger partial charge in [-0.15, -0.1) is 0 Å². The molecule has 0 bridgehead atoms. The highest BCUT2D eigenvalue weighted by Gasteiger charge is 2.48. The summed E-state index contributed by atoms with van der Waals surface area (Å²) >= 11 is 5.97. The maximum Gasteiger partial charge on any atom is 0.307 e. The topological polar surface area (TPSA) is 86.0 Å². The average Bonchev–Trinajstić information content (AvgIpc) is 3.55. The van der Waals surface area contributed by atoms with Gasteiger partial charge in [-0.05, 0) is 75.9 Å². The number of aryl methyl sites for hydroxylation is 1. The SMILES string of the molecule is Cc1nc(CN2CCC(c3cccc4c3O[C@@](C)(c3ccc(Cl)cc3F)O4)CC2)n(C[C@@H]2CCO2)c1C1CC1C(=O)O. The molecular formula is C32H35ClFN3O5. The van der Waals surface area contributed by atoms with Crippen LogP contribution in [-0.4, -0.2) is 51.3 Å². The van der Waals surface area contributed by atoms with Crippen molar-refractivity contribution >= 4 is 17.6 Å². The lowest BCUT2D eigenvalue weighted by molar-refractivity contribution is -0.138. The second-order valence-corrected chi connectivity index (χ2v) is 12.6. The van der Waals surface area contributed by atoms with Gasteiger partial charge in [0.05, 0.1) is 36.4 Å². The van der Waals surface area contributed by atoms with Gasteiger partial charge in [0, 0.05) is 35.7 Å². The minimum absolute atomic E-state index is 0.0315. The van der Waals surface area contributed by atoms with Gasteiger partial charge in [0.25, 0.3) is 5.79 Å². The summed E-state index contributed by atoms with van der Waals surface area (Å²) in [6.45, 7) is 7.74.